The van der Waals surface area contributed by atoms with E-state index in [1.165, 1.54) is 13.0 Å². The third kappa shape index (κ3) is 4.36. The lowest BCUT2D eigenvalue weighted by Gasteiger charge is -2.10. The molecule has 0 spiro atoms. The van der Waals surface area contributed by atoms with Crippen LogP contribution in [0.2, 0.25) is 0 Å². The number of carboxylic acid groups (broad SMARTS) is 1. The van der Waals surface area contributed by atoms with Crippen molar-refractivity contribution in [3.63, 3.8) is 0 Å². The van der Waals surface area contributed by atoms with Crippen molar-refractivity contribution < 1.29 is 19.4 Å². The van der Waals surface area contributed by atoms with Gasteiger partial charge in [-0.2, -0.15) is 5.26 Å². The van der Waals surface area contributed by atoms with Crippen LogP contribution in [0, 0.1) is 11.3 Å². The highest BCUT2D eigenvalue weighted by Crippen LogP contribution is 2.28. The fourth-order valence-electron chi connectivity index (χ4n) is 1.31. The molecule has 0 amide bonds. The highest BCUT2D eigenvalue weighted by molar-refractivity contribution is 5.85. The van der Waals surface area contributed by atoms with Crippen LogP contribution >= 0.6 is 0 Å². The van der Waals surface area contributed by atoms with Crippen LogP contribution in [0.1, 0.15) is 19.4 Å². The summed E-state index contributed by atoms with van der Waals surface area (Å²) in [6, 6.07) is 6.86. The molecule has 1 aromatic carbocycles. The Bertz CT molecular complexity index is 529. The van der Waals surface area contributed by atoms with Crippen molar-refractivity contribution in [3.8, 4) is 17.6 Å². The van der Waals surface area contributed by atoms with Gasteiger partial charge in [-0.1, -0.05) is 0 Å². The van der Waals surface area contributed by atoms with Crippen LogP contribution in [-0.2, 0) is 4.79 Å². The summed E-state index contributed by atoms with van der Waals surface area (Å²) in [5, 5.41) is 17.5. The molecular formula is C14H15NO4. The van der Waals surface area contributed by atoms with E-state index < -0.39 is 5.97 Å². The fourth-order valence-corrected chi connectivity index (χ4v) is 1.31. The molecule has 0 unspecified atom stereocenters. The lowest BCUT2D eigenvalue weighted by molar-refractivity contribution is -0.132. The molecule has 0 aliphatic rings. The summed E-state index contributed by atoms with van der Waals surface area (Å²) >= 11 is 0. The second-order valence-electron chi connectivity index (χ2n) is 3.71. The molecule has 0 radical (unpaired) electrons. The molecule has 0 aromatic heterocycles. The molecule has 0 saturated heterocycles. The Morgan fingerprint density at radius 1 is 1.42 bits per heavy atom. The van der Waals surface area contributed by atoms with Crippen molar-refractivity contribution in [2.24, 2.45) is 0 Å². The zero-order valence-electron chi connectivity index (χ0n) is 10.8. The van der Waals surface area contributed by atoms with Gasteiger partial charge in [0.25, 0.3) is 0 Å². The Hall–Kier alpha value is -2.48. The smallest absolute Gasteiger partial charge is 0.331 e. The minimum Gasteiger partial charge on any atom is -0.490 e. The van der Waals surface area contributed by atoms with Crippen molar-refractivity contribution in [1.82, 2.24) is 0 Å². The lowest BCUT2D eigenvalue weighted by Crippen LogP contribution is -2.02. The summed E-state index contributed by atoms with van der Waals surface area (Å²) in [6.07, 6.45) is 1.47. The maximum Gasteiger partial charge on any atom is 0.331 e. The predicted octanol–water partition coefficient (Wildman–Crippen LogP) is 2.37. The molecule has 100 valence electrons. The van der Waals surface area contributed by atoms with E-state index in [-0.39, 0.29) is 12.2 Å². The second-order valence-corrected chi connectivity index (χ2v) is 3.71. The number of nitriles is 1. The number of carbonyl (C=O) groups is 1. The van der Waals surface area contributed by atoms with Gasteiger partial charge in [0, 0.05) is 11.6 Å². The SMILES string of the molecule is CCOc1cc(C#N)ccc1OCC=C(C)C(=O)O. The molecular weight excluding hydrogens is 246 g/mol. The van der Waals surface area contributed by atoms with Crippen molar-refractivity contribution in [2.45, 2.75) is 13.8 Å². The fraction of sp³-hybridized carbons (Fsp3) is 0.286. The number of ether oxygens (including phenoxy) is 2. The zero-order valence-corrected chi connectivity index (χ0v) is 10.8. The van der Waals surface area contributed by atoms with Crippen molar-refractivity contribution in [1.29, 1.82) is 5.26 Å². The number of rotatable bonds is 6. The Morgan fingerprint density at radius 2 is 2.16 bits per heavy atom. The summed E-state index contributed by atoms with van der Waals surface area (Å²) in [4.78, 5) is 10.6. The van der Waals surface area contributed by atoms with E-state index in [1.54, 1.807) is 18.2 Å². The van der Waals surface area contributed by atoms with Crippen molar-refractivity contribution in [3.05, 3.63) is 35.4 Å². The normalized spacial score (nSPS) is 10.7. The highest BCUT2D eigenvalue weighted by atomic mass is 16.5. The molecule has 0 atom stereocenters. The maximum absolute atomic E-state index is 10.6. The molecule has 1 N–H and O–H groups in total. The zero-order chi connectivity index (χ0) is 14.3. The number of nitrogens with zero attached hydrogens (tertiary/aromatic N) is 1. The molecule has 0 aliphatic heterocycles. The summed E-state index contributed by atoms with van der Waals surface area (Å²) in [6.45, 7) is 3.91. The van der Waals surface area contributed by atoms with Crippen LogP contribution in [0.4, 0.5) is 0 Å². The number of carboxylic acids is 1. The lowest BCUT2D eigenvalue weighted by atomic mass is 10.2. The standard InChI is InChI=1S/C14H15NO4/c1-3-18-13-8-11(9-15)4-5-12(13)19-7-6-10(2)14(16)17/h4-6,8H,3,7H2,1-2H3,(H,16,17). The Kier molecular flexibility index (Phi) is 5.42. The minimum absolute atomic E-state index is 0.129. The molecule has 1 rings (SSSR count). The Morgan fingerprint density at radius 3 is 2.74 bits per heavy atom. The largest absolute Gasteiger partial charge is 0.490 e. The topological polar surface area (TPSA) is 79.5 Å². The van der Waals surface area contributed by atoms with Gasteiger partial charge in [0.2, 0.25) is 0 Å². The van der Waals surface area contributed by atoms with E-state index in [4.69, 9.17) is 19.8 Å². The molecule has 19 heavy (non-hydrogen) atoms. The van der Waals surface area contributed by atoms with Crippen LogP contribution in [0.15, 0.2) is 29.8 Å². The van der Waals surface area contributed by atoms with Gasteiger partial charge in [0.15, 0.2) is 11.5 Å². The van der Waals surface area contributed by atoms with Crippen molar-refractivity contribution in [2.75, 3.05) is 13.2 Å². The van der Waals surface area contributed by atoms with E-state index in [0.717, 1.165) is 0 Å². The van der Waals surface area contributed by atoms with Gasteiger partial charge < -0.3 is 14.6 Å². The van der Waals surface area contributed by atoms with Crippen LogP contribution in [0.25, 0.3) is 0 Å². The van der Waals surface area contributed by atoms with E-state index in [0.29, 0.717) is 23.7 Å². The van der Waals surface area contributed by atoms with Gasteiger partial charge >= 0.3 is 5.97 Å². The first-order valence-electron chi connectivity index (χ1n) is 5.78. The first kappa shape index (κ1) is 14.6. The number of aliphatic carboxylic acids is 1. The molecule has 5 heteroatoms. The van der Waals surface area contributed by atoms with Gasteiger partial charge in [0.1, 0.15) is 6.61 Å². The van der Waals surface area contributed by atoms with Crippen LogP contribution < -0.4 is 9.47 Å². The maximum atomic E-state index is 10.6. The predicted molar refractivity (Wildman–Crippen MR) is 69.2 cm³/mol. The monoisotopic (exact) mass is 261 g/mol. The Balaban J connectivity index is 2.80. The quantitative estimate of drug-likeness (QED) is 0.795. The van der Waals surface area contributed by atoms with Crippen LogP contribution in [-0.4, -0.2) is 24.3 Å². The average molecular weight is 261 g/mol. The summed E-state index contributed by atoms with van der Waals surface area (Å²) < 4.78 is 10.8. The summed E-state index contributed by atoms with van der Waals surface area (Å²) in [7, 11) is 0. The summed E-state index contributed by atoms with van der Waals surface area (Å²) in [5.74, 6) is -0.0216. The third-order valence-electron chi connectivity index (χ3n) is 2.34. The Labute approximate surface area is 111 Å². The third-order valence-corrected chi connectivity index (χ3v) is 2.34. The van der Waals surface area contributed by atoms with Crippen LogP contribution in [0.5, 0.6) is 11.5 Å². The van der Waals surface area contributed by atoms with Gasteiger partial charge in [-0.05, 0) is 32.1 Å². The number of hydrogen-bond donors (Lipinski definition) is 1. The molecule has 1 aromatic rings. The molecule has 0 fully saturated rings. The van der Waals surface area contributed by atoms with Gasteiger partial charge in [-0.3, -0.25) is 0 Å². The highest BCUT2D eigenvalue weighted by Gasteiger charge is 2.06. The summed E-state index contributed by atoms with van der Waals surface area (Å²) in [5.41, 5.74) is 0.694. The molecule has 0 saturated carbocycles. The van der Waals surface area contributed by atoms with Gasteiger partial charge in [-0.15, -0.1) is 0 Å². The molecule has 0 bridgehead atoms. The van der Waals surface area contributed by atoms with E-state index in [9.17, 15) is 4.79 Å². The molecule has 0 aliphatic carbocycles. The van der Waals surface area contributed by atoms with Gasteiger partial charge in [-0.25, -0.2) is 4.79 Å². The first-order valence-corrected chi connectivity index (χ1v) is 5.78. The number of benzene rings is 1. The molecule has 0 heterocycles. The van der Waals surface area contributed by atoms with Crippen LogP contribution in [0.3, 0.4) is 0 Å². The average Bonchev–Trinajstić information content (AvgIpc) is 2.40. The number of hydrogen-bond acceptors (Lipinski definition) is 4. The van der Waals surface area contributed by atoms with Gasteiger partial charge in [0.05, 0.1) is 18.2 Å². The van der Waals surface area contributed by atoms with E-state index in [2.05, 4.69) is 0 Å². The minimum atomic E-state index is -0.978. The van der Waals surface area contributed by atoms with E-state index in [1.807, 2.05) is 13.0 Å². The first-order chi connectivity index (χ1) is 9.08. The van der Waals surface area contributed by atoms with E-state index >= 15 is 0 Å². The van der Waals surface area contributed by atoms with Crippen molar-refractivity contribution >= 4 is 5.97 Å². The molecule has 5 nitrogen and oxygen atoms in total. The second kappa shape index (κ2) is 7.07.